The summed E-state index contributed by atoms with van der Waals surface area (Å²) in [5.74, 6) is -0.0453. The molecule has 0 radical (unpaired) electrons. The van der Waals surface area contributed by atoms with Crippen LogP contribution >= 0.6 is 28.1 Å². The van der Waals surface area contributed by atoms with Crippen LogP contribution in [0.1, 0.15) is 30.5 Å². The number of hydrogen-bond donors (Lipinski definition) is 1. The van der Waals surface area contributed by atoms with Crippen LogP contribution < -0.4 is 10.3 Å². The van der Waals surface area contributed by atoms with Gasteiger partial charge in [0.1, 0.15) is 5.41 Å². The van der Waals surface area contributed by atoms with Crippen molar-refractivity contribution in [3.63, 3.8) is 0 Å². The van der Waals surface area contributed by atoms with Gasteiger partial charge in [-0.25, -0.2) is 0 Å². The number of phenols is 1. The minimum absolute atomic E-state index is 0.0135. The summed E-state index contributed by atoms with van der Waals surface area (Å²) in [7, 11) is 3.21. The van der Waals surface area contributed by atoms with E-state index in [4.69, 9.17) is 17.0 Å². The van der Waals surface area contributed by atoms with Crippen LogP contribution in [0.5, 0.6) is 11.5 Å². The molecule has 11 heteroatoms. The Morgan fingerprint density at radius 1 is 1.11 bits per heavy atom. The van der Waals surface area contributed by atoms with Crippen molar-refractivity contribution in [2.45, 2.75) is 32.2 Å². The Hall–Kier alpha value is -2.76. The number of fused-ring (bicyclic) bond motifs is 4. The first-order valence-electron chi connectivity index (χ1n) is 12.7. The molecule has 3 aliphatic heterocycles. The predicted molar refractivity (Wildman–Crippen MR) is 149 cm³/mol. The van der Waals surface area contributed by atoms with E-state index in [0.29, 0.717) is 36.3 Å². The molecular formula is C27H31BrN4O5S. The maximum atomic E-state index is 14.0. The Balaban J connectivity index is 1.53. The summed E-state index contributed by atoms with van der Waals surface area (Å²) in [5.41, 5.74) is 0.282. The van der Waals surface area contributed by atoms with Gasteiger partial charge < -0.3 is 19.3 Å². The third-order valence-corrected chi connectivity index (χ3v) is 9.10. The van der Waals surface area contributed by atoms with E-state index < -0.39 is 5.41 Å². The second-order valence-electron chi connectivity index (χ2n) is 10.5. The molecule has 0 saturated carbocycles. The summed E-state index contributed by atoms with van der Waals surface area (Å²) >= 11 is 8.78. The number of hydrogen-bond acceptors (Lipinski definition) is 7. The number of nitrogens with zero attached hydrogens (tertiary/aromatic N) is 4. The average Bonchev–Trinajstić information content (AvgIpc) is 2.89. The van der Waals surface area contributed by atoms with Crippen molar-refractivity contribution in [1.29, 1.82) is 0 Å². The number of benzene rings is 1. The van der Waals surface area contributed by atoms with E-state index in [1.165, 1.54) is 9.80 Å². The zero-order valence-electron chi connectivity index (χ0n) is 21.6. The Kier molecular flexibility index (Phi) is 7.12. The first-order valence-corrected chi connectivity index (χ1v) is 13.9. The highest BCUT2D eigenvalue weighted by Gasteiger charge is 2.55. The maximum absolute atomic E-state index is 14.0. The SMILES string of the molecule is CCOc1cc(CC2(CN3C[C@@H]4C[C@H](C3)c3cccc(=O)n3C4)C(=O)N(C)C(=S)N(C)C2=O)cc(Br)c1O. The Morgan fingerprint density at radius 3 is 2.50 bits per heavy atom. The lowest BCUT2D eigenvalue weighted by Gasteiger charge is -2.48. The van der Waals surface area contributed by atoms with Crippen molar-refractivity contribution in [1.82, 2.24) is 19.3 Å². The van der Waals surface area contributed by atoms with E-state index in [2.05, 4.69) is 20.8 Å². The number of amides is 2. The van der Waals surface area contributed by atoms with Crippen LogP contribution in [0.3, 0.4) is 0 Å². The minimum atomic E-state index is -1.42. The third kappa shape index (κ3) is 4.44. The minimum Gasteiger partial charge on any atom is -0.503 e. The number of carbonyl (C=O) groups is 2. The molecule has 2 fully saturated rings. The van der Waals surface area contributed by atoms with Gasteiger partial charge in [-0.2, -0.15) is 0 Å². The summed E-state index contributed by atoms with van der Waals surface area (Å²) < 4.78 is 7.90. The van der Waals surface area contributed by atoms with E-state index in [1.807, 2.05) is 17.6 Å². The number of rotatable bonds is 6. The first-order chi connectivity index (χ1) is 18.1. The second kappa shape index (κ2) is 10.1. The Morgan fingerprint density at radius 2 is 1.82 bits per heavy atom. The van der Waals surface area contributed by atoms with Gasteiger partial charge in [0.2, 0.25) is 11.8 Å². The van der Waals surface area contributed by atoms with Crippen molar-refractivity contribution < 1.29 is 19.4 Å². The molecule has 3 aliphatic rings. The zero-order valence-corrected chi connectivity index (χ0v) is 24.0. The monoisotopic (exact) mass is 602 g/mol. The number of carbonyl (C=O) groups excluding carboxylic acids is 2. The molecule has 1 aromatic carbocycles. The fraction of sp³-hybridized carbons (Fsp3) is 0.481. The molecule has 5 rings (SSSR count). The van der Waals surface area contributed by atoms with Crippen LogP contribution in [-0.4, -0.2) is 81.6 Å². The number of pyridine rings is 1. The average molecular weight is 604 g/mol. The Bertz CT molecular complexity index is 1350. The van der Waals surface area contributed by atoms with Crippen molar-refractivity contribution in [3.05, 3.63) is 56.4 Å². The van der Waals surface area contributed by atoms with E-state index in [-0.39, 0.29) is 58.8 Å². The number of halogens is 1. The molecule has 1 N–H and O–H groups in total. The van der Waals surface area contributed by atoms with Crippen LogP contribution in [0.25, 0.3) is 0 Å². The standard InChI is InChI=1S/C27H31BrN4O5S/c1-4-37-21-10-16(9-19(28)23(21)34)11-27(24(35)29(2)26(38)30(3)25(27)36)15-31-12-17-8-18(14-31)20-6-5-7-22(33)32(20)13-17/h5-7,9-10,17-18,34H,4,8,11-15H2,1-3H3/t17-,18+/m0/s1. The molecule has 9 nitrogen and oxygen atoms in total. The van der Waals surface area contributed by atoms with Gasteiger partial charge in [-0.15, -0.1) is 0 Å². The molecule has 0 aliphatic carbocycles. The normalized spacial score (nSPS) is 23.0. The highest BCUT2D eigenvalue weighted by Crippen LogP contribution is 2.42. The van der Waals surface area contributed by atoms with E-state index >= 15 is 0 Å². The van der Waals surface area contributed by atoms with E-state index in [0.717, 1.165) is 12.1 Å². The molecule has 2 aromatic rings. The van der Waals surface area contributed by atoms with Crippen LogP contribution in [0.4, 0.5) is 0 Å². The summed E-state index contributed by atoms with van der Waals surface area (Å²) in [4.78, 5) is 45.4. The van der Waals surface area contributed by atoms with Crippen molar-refractivity contribution in [2.75, 3.05) is 40.3 Å². The molecule has 2 saturated heterocycles. The zero-order chi connectivity index (χ0) is 27.4. The number of piperidine rings is 1. The van der Waals surface area contributed by atoms with Gasteiger partial charge in [0.05, 0.1) is 11.1 Å². The summed E-state index contributed by atoms with van der Waals surface area (Å²) in [6, 6.07) is 8.80. The number of thiocarbonyl (C=S) groups is 1. The maximum Gasteiger partial charge on any atom is 0.250 e. The van der Waals surface area contributed by atoms with Crippen molar-refractivity contribution in [2.24, 2.45) is 11.3 Å². The first kappa shape index (κ1) is 26.8. The van der Waals surface area contributed by atoms with Gasteiger partial charge in [0, 0.05) is 58.0 Å². The van der Waals surface area contributed by atoms with E-state index in [9.17, 15) is 19.5 Å². The van der Waals surface area contributed by atoms with Crippen molar-refractivity contribution >= 4 is 45.1 Å². The van der Waals surface area contributed by atoms with Crippen LogP contribution in [0, 0.1) is 11.3 Å². The molecule has 4 heterocycles. The number of phenolic OH excluding ortho intramolecular Hbond substituents is 1. The lowest BCUT2D eigenvalue weighted by atomic mass is 9.75. The molecule has 2 bridgehead atoms. The molecule has 202 valence electrons. The van der Waals surface area contributed by atoms with Crippen LogP contribution in [0.15, 0.2) is 39.6 Å². The van der Waals surface area contributed by atoms with Crippen LogP contribution in [0.2, 0.25) is 0 Å². The van der Waals surface area contributed by atoms with Gasteiger partial charge in [-0.3, -0.25) is 24.2 Å². The van der Waals surface area contributed by atoms with Gasteiger partial charge in [-0.1, -0.05) is 6.07 Å². The highest BCUT2D eigenvalue weighted by molar-refractivity contribution is 9.10. The largest absolute Gasteiger partial charge is 0.503 e. The topological polar surface area (TPSA) is 95.3 Å². The number of aromatic nitrogens is 1. The lowest BCUT2D eigenvalue weighted by Crippen LogP contribution is -2.67. The highest BCUT2D eigenvalue weighted by atomic mass is 79.9. The fourth-order valence-electron chi connectivity index (χ4n) is 6.32. The summed E-state index contributed by atoms with van der Waals surface area (Å²) in [6.45, 7) is 4.34. The summed E-state index contributed by atoms with van der Waals surface area (Å²) in [6.07, 6.45) is 1.09. The van der Waals surface area contributed by atoms with Gasteiger partial charge in [-0.05, 0) is 77.6 Å². The Labute approximate surface area is 235 Å². The fourth-order valence-corrected chi connectivity index (χ4v) is 6.98. The smallest absolute Gasteiger partial charge is 0.250 e. The van der Waals surface area contributed by atoms with Crippen LogP contribution in [-0.2, 0) is 22.6 Å². The summed E-state index contributed by atoms with van der Waals surface area (Å²) in [5, 5.41) is 10.6. The number of ether oxygens (including phenoxy) is 1. The molecule has 0 unspecified atom stereocenters. The molecular weight excluding hydrogens is 572 g/mol. The second-order valence-corrected chi connectivity index (χ2v) is 11.7. The van der Waals surface area contributed by atoms with E-state index in [1.54, 1.807) is 38.4 Å². The van der Waals surface area contributed by atoms with Gasteiger partial charge >= 0.3 is 0 Å². The number of aromatic hydroxyl groups is 1. The molecule has 1 aromatic heterocycles. The number of likely N-dealkylation sites (tertiary alicyclic amines) is 1. The molecule has 2 atom stereocenters. The van der Waals surface area contributed by atoms with Crippen molar-refractivity contribution in [3.8, 4) is 11.5 Å². The molecule has 0 spiro atoms. The van der Waals surface area contributed by atoms with Gasteiger partial charge in [0.15, 0.2) is 16.6 Å². The molecule has 2 amide bonds. The lowest BCUT2D eigenvalue weighted by molar-refractivity contribution is -0.157. The van der Waals surface area contributed by atoms with Gasteiger partial charge in [0.25, 0.3) is 5.56 Å². The molecule has 38 heavy (non-hydrogen) atoms. The quantitative estimate of drug-likeness (QED) is 0.401. The predicted octanol–water partition coefficient (Wildman–Crippen LogP) is 2.58. The third-order valence-electron chi connectivity index (χ3n) is 7.94.